The van der Waals surface area contributed by atoms with E-state index in [9.17, 15) is 0 Å². The molecule has 0 bridgehead atoms. The van der Waals surface area contributed by atoms with Gasteiger partial charge in [0.15, 0.2) is 0 Å². The Morgan fingerprint density at radius 1 is 0.519 bits per heavy atom. The first kappa shape index (κ1) is 60.4. The topological polar surface area (TPSA) is 91.6 Å². The Balaban J connectivity index is -0.000000386. The van der Waals surface area contributed by atoms with Crippen LogP contribution in [0.2, 0.25) is 0 Å². The lowest BCUT2D eigenvalue weighted by atomic mass is 9.92. The molecule has 1 aliphatic heterocycles. The van der Waals surface area contributed by atoms with Gasteiger partial charge in [-0.25, -0.2) is 9.78 Å². The van der Waals surface area contributed by atoms with Crippen molar-refractivity contribution in [1.29, 1.82) is 0 Å². The lowest BCUT2D eigenvalue weighted by Crippen LogP contribution is -2.13. The minimum absolute atomic E-state index is 0. The van der Waals surface area contributed by atoms with Crippen LogP contribution in [0.15, 0.2) is 0 Å². The fourth-order valence-corrected chi connectivity index (χ4v) is 7.19. The Kier molecular flexibility index (Phi) is 63.8. The van der Waals surface area contributed by atoms with E-state index in [1.807, 2.05) is 0 Å². The molecule has 1 fully saturated rings. The summed E-state index contributed by atoms with van der Waals surface area (Å²) < 4.78 is 5.05. The van der Waals surface area contributed by atoms with E-state index in [0.29, 0.717) is 12.5 Å². The van der Waals surface area contributed by atoms with Crippen LogP contribution in [0.4, 0.5) is 0 Å². The molecule has 54 heavy (non-hydrogen) atoms. The third kappa shape index (κ3) is 56.1. The molecule has 1 aliphatic rings. The van der Waals surface area contributed by atoms with Crippen molar-refractivity contribution in [2.75, 3.05) is 54.2 Å². The molecule has 0 amide bonds. The summed E-state index contributed by atoms with van der Waals surface area (Å²) in [5.74, 6) is 1.55. The number of hydrogen-bond acceptors (Lipinski definition) is 7. The molecule has 332 valence electrons. The van der Waals surface area contributed by atoms with Crippen molar-refractivity contribution in [3.63, 3.8) is 0 Å². The number of nitrogens with zero attached hydrogens (tertiary/aromatic N) is 1. The first-order valence-electron chi connectivity index (χ1n) is 23.2. The van der Waals surface area contributed by atoms with Gasteiger partial charge in [0, 0.05) is 20.3 Å². The molecular formula is C47H103NO6. The van der Waals surface area contributed by atoms with E-state index in [1.165, 1.54) is 212 Å². The smallest absolute Gasteiger partial charge is 0.0850 e. The van der Waals surface area contributed by atoms with Crippen molar-refractivity contribution in [3.8, 4) is 0 Å². The minimum Gasteiger partial charge on any atom is -0.396 e. The van der Waals surface area contributed by atoms with E-state index in [2.05, 4.69) is 39.8 Å². The van der Waals surface area contributed by atoms with Crippen molar-refractivity contribution in [2.24, 2.45) is 11.8 Å². The number of methoxy groups -OCH3 is 1. The van der Waals surface area contributed by atoms with Crippen LogP contribution in [0.3, 0.4) is 0 Å². The monoisotopic (exact) mass is 778 g/mol. The molecule has 0 aromatic rings. The van der Waals surface area contributed by atoms with Crippen LogP contribution >= 0.6 is 0 Å². The predicted octanol–water partition coefficient (Wildman–Crippen LogP) is 14.9. The summed E-state index contributed by atoms with van der Waals surface area (Å²) >= 11 is 0. The first-order valence-corrected chi connectivity index (χ1v) is 23.2. The number of ether oxygens (including phenoxy) is 1. The summed E-state index contributed by atoms with van der Waals surface area (Å²) in [5.41, 5.74) is 0. The second-order valence-corrected chi connectivity index (χ2v) is 16.1. The molecule has 0 saturated carbocycles. The summed E-state index contributed by atoms with van der Waals surface area (Å²) in [5, 5.41) is 20.7. The molecule has 7 nitrogen and oxygen atoms in total. The lowest BCUT2D eigenvalue weighted by molar-refractivity contribution is -0.303. The quantitative estimate of drug-likeness (QED) is 0.0457. The van der Waals surface area contributed by atoms with Crippen LogP contribution < -0.4 is 0 Å². The van der Waals surface area contributed by atoms with E-state index in [-0.39, 0.29) is 7.43 Å². The highest BCUT2D eigenvalue weighted by atomic mass is 17.2. The van der Waals surface area contributed by atoms with Crippen LogP contribution in [0.25, 0.3) is 0 Å². The van der Waals surface area contributed by atoms with E-state index >= 15 is 0 Å². The third-order valence-corrected chi connectivity index (χ3v) is 10.6. The minimum atomic E-state index is 0. The molecule has 0 spiro atoms. The average Bonchev–Trinajstić information content (AvgIpc) is 3.16. The Morgan fingerprint density at radius 3 is 1.39 bits per heavy atom. The van der Waals surface area contributed by atoms with Gasteiger partial charge in [-0.2, -0.15) is 0 Å². The highest BCUT2D eigenvalue weighted by Crippen LogP contribution is 2.23. The van der Waals surface area contributed by atoms with Gasteiger partial charge in [0.1, 0.15) is 0 Å². The van der Waals surface area contributed by atoms with E-state index in [0.717, 1.165) is 32.2 Å². The second kappa shape index (κ2) is 57.0. The van der Waals surface area contributed by atoms with Gasteiger partial charge in [0.2, 0.25) is 0 Å². The summed E-state index contributed by atoms with van der Waals surface area (Å²) in [4.78, 5) is 13.4. The maximum absolute atomic E-state index is 8.68. The van der Waals surface area contributed by atoms with E-state index < -0.39 is 0 Å². The molecular weight excluding hydrogens is 675 g/mol. The van der Waals surface area contributed by atoms with Gasteiger partial charge in [-0.1, -0.05) is 202 Å². The van der Waals surface area contributed by atoms with Gasteiger partial charge in [0.25, 0.3) is 0 Å². The molecule has 0 aliphatic carbocycles. The SMILES string of the molecule is C.CCCCCC1CCCCCCCCCC(CCCC)COOCC1.CCCN(C)C.COCCCCCCCCCCCCCCCCCO.OO. The Morgan fingerprint density at radius 2 is 0.963 bits per heavy atom. The molecule has 0 radical (unpaired) electrons. The molecule has 3 N–H and O–H groups in total. The fraction of sp³-hybridized carbons (Fsp3) is 1.00. The zero-order valence-electron chi connectivity index (χ0n) is 37.0. The van der Waals surface area contributed by atoms with Gasteiger partial charge in [-0.15, -0.1) is 0 Å². The predicted molar refractivity (Wildman–Crippen MR) is 238 cm³/mol. The molecule has 2 unspecified atom stereocenters. The number of hydrogen-bond donors (Lipinski definition) is 3. The molecule has 1 saturated heterocycles. The fourth-order valence-electron chi connectivity index (χ4n) is 7.19. The van der Waals surface area contributed by atoms with Crippen LogP contribution in [-0.4, -0.2) is 74.7 Å². The zero-order valence-corrected chi connectivity index (χ0v) is 37.0. The van der Waals surface area contributed by atoms with Gasteiger partial charge in [0.05, 0.1) is 13.2 Å². The molecule has 1 rings (SSSR count). The number of unbranched alkanes of at least 4 members (excludes halogenated alkanes) is 17. The van der Waals surface area contributed by atoms with Crippen LogP contribution in [-0.2, 0) is 14.5 Å². The highest BCUT2D eigenvalue weighted by Gasteiger charge is 2.12. The van der Waals surface area contributed by atoms with Crippen molar-refractivity contribution in [3.05, 3.63) is 0 Å². The maximum Gasteiger partial charge on any atom is 0.0850 e. The van der Waals surface area contributed by atoms with Gasteiger partial charge in [-0.3, -0.25) is 10.5 Å². The Bertz CT molecular complexity index is 579. The summed E-state index contributed by atoms with van der Waals surface area (Å²) in [7, 11) is 5.96. The second-order valence-electron chi connectivity index (χ2n) is 16.1. The third-order valence-electron chi connectivity index (χ3n) is 10.6. The maximum atomic E-state index is 8.68. The molecule has 0 aromatic heterocycles. The summed E-state index contributed by atoms with van der Waals surface area (Å²) in [6.45, 7) is 10.9. The van der Waals surface area contributed by atoms with Gasteiger partial charge in [-0.05, 0) is 71.0 Å². The van der Waals surface area contributed by atoms with Crippen molar-refractivity contribution in [1.82, 2.24) is 4.90 Å². The number of aliphatic hydroxyl groups is 1. The Hall–Kier alpha value is -0.280. The van der Waals surface area contributed by atoms with Crippen LogP contribution in [0.1, 0.15) is 240 Å². The summed E-state index contributed by atoms with van der Waals surface area (Å²) in [6, 6.07) is 0. The van der Waals surface area contributed by atoms with Gasteiger partial charge >= 0.3 is 0 Å². The zero-order chi connectivity index (χ0) is 39.7. The van der Waals surface area contributed by atoms with E-state index in [4.69, 9.17) is 30.1 Å². The van der Waals surface area contributed by atoms with Crippen LogP contribution in [0, 0.1) is 11.8 Å². The van der Waals surface area contributed by atoms with Crippen molar-refractivity contribution >= 4 is 0 Å². The normalized spacial score (nSPS) is 17.2. The van der Waals surface area contributed by atoms with Crippen LogP contribution in [0.5, 0.6) is 0 Å². The van der Waals surface area contributed by atoms with Gasteiger partial charge < -0.3 is 14.7 Å². The Labute approximate surface area is 340 Å². The molecule has 2 atom stereocenters. The largest absolute Gasteiger partial charge is 0.396 e. The average molecular weight is 778 g/mol. The lowest BCUT2D eigenvalue weighted by Gasteiger charge is -2.19. The standard InChI is InChI=1S/C23H46O2.C18H38O2.C5H13N.CH4.H2O2/c1-3-5-12-16-22-17-13-10-8-7-9-11-14-18-23(15-6-4-2)21-25-24-20-19-22;1-20-18-16-14-12-10-8-6-4-2-3-5-7-9-11-13-15-17-19;1-4-5-6(2)3;;1-2/h22-23H,3-21H2,1-2H3;19H,2-18H2,1H3;4-5H2,1-3H3;1H4;1-2H. The highest BCUT2D eigenvalue weighted by molar-refractivity contribution is 4.62. The molecule has 1 heterocycles. The summed E-state index contributed by atoms with van der Waals surface area (Å²) in [6.07, 6.45) is 44.7. The van der Waals surface area contributed by atoms with Crippen molar-refractivity contribution < 1.29 is 30.1 Å². The van der Waals surface area contributed by atoms with E-state index in [1.54, 1.807) is 7.11 Å². The first-order chi connectivity index (χ1) is 26.0. The number of rotatable bonds is 26. The molecule has 0 aromatic carbocycles. The molecule has 7 heteroatoms. The number of aliphatic hydroxyl groups excluding tert-OH is 1. The van der Waals surface area contributed by atoms with Crippen molar-refractivity contribution in [2.45, 2.75) is 240 Å².